The van der Waals surface area contributed by atoms with Crippen molar-refractivity contribution in [3.05, 3.63) is 90.3 Å². The number of carbonyl (C=O) groups is 2. The Bertz CT molecular complexity index is 1160. The quantitative estimate of drug-likeness (QED) is 0.528. The molecular weight excluding hydrogens is 350 g/mol. The number of carbonyl (C=O) groups excluding carboxylic acids is 2. The first kappa shape index (κ1) is 17.5. The molecule has 0 spiro atoms. The van der Waals surface area contributed by atoms with Gasteiger partial charge in [-0.15, -0.1) is 0 Å². The van der Waals surface area contributed by atoms with Crippen LogP contribution in [-0.2, 0) is 0 Å². The van der Waals surface area contributed by atoms with Gasteiger partial charge in [-0.1, -0.05) is 36.4 Å². The van der Waals surface area contributed by atoms with Crippen LogP contribution in [0.2, 0.25) is 0 Å². The number of Topliss-reactive ketones (excluding diaryl/α,β-unsaturated/α-hetero) is 1. The van der Waals surface area contributed by atoms with Gasteiger partial charge in [-0.05, 0) is 42.6 Å². The fourth-order valence-electron chi connectivity index (χ4n) is 2.96. The van der Waals surface area contributed by atoms with Crippen LogP contribution >= 0.6 is 0 Å². The van der Waals surface area contributed by atoms with Crippen molar-refractivity contribution in [2.24, 2.45) is 0 Å². The molecule has 2 aromatic heterocycles. The molecule has 5 heteroatoms. The summed E-state index contributed by atoms with van der Waals surface area (Å²) in [4.78, 5) is 32.6. The van der Waals surface area contributed by atoms with Gasteiger partial charge in [0.2, 0.25) is 0 Å². The van der Waals surface area contributed by atoms with Crippen LogP contribution in [0.3, 0.4) is 0 Å². The molecule has 0 aliphatic rings. The predicted molar refractivity (Wildman–Crippen MR) is 109 cm³/mol. The number of fused-ring (bicyclic) bond motifs is 1. The summed E-state index contributed by atoms with van der Waals surface area (Å²) in [5.74, 6) is -0.261. The zero-order chi connectivity index (χ0) is 19.5. The van der Waals surface area contributed by atoms with Crippen molar-refractivity contribution in [2.75, 3.05) is 5.32 Å². The van der Waals surface area contributed by atoms with Crippen LogP contribution in [0.5, 0.6) is 0 Å². The minimum absolute atomic E-state index is 0.0348. The van der Waals surface area contributed by atoms with E-state index in [4.69, 9.17) is 0 Å². The lowest BCUT2D eigenvalue weighted by Crippen LogP contribution is -2.12. The first-order valence-corrected chi connectivity index (χ1v) is 8.84. The molecule has 28 heavy (non-hydrogen) atoms. The smallest absolute Gasteiger partial charge is 0.257 e. The number of aromatic nitrogens is 2. The summed E-state index contributed by atoms with van der Waals surface area (Å²) in [6, 6.07) is 20.6. The Labute approximate surface area is 162 Å². The third kappa shape index (κ3) is 3.50. The summed E-state index contributed by atoms with van der Waals surface area (Å²) in [5.41, 5.74) is 3.04. The van der Waals surface area contributed by atoms with Crippen LogP contribution in [0.1, 0.15) is 27.6 Å². The zero-order valence-electron chi connectivity index (χ0n) is 15.2. The van der Waals surface area contributed by atoms with Crippen LogP contribution in [0.25, 0.3) is 22.2 Å². The van der Waals surface area contributed by atoms with E-state index in [0.717, 1.165) is 16.5 Å². The minimum atomic E-state index is -0.227. The van der Waals surface area contributed by atoms with Crippen molar-refractivity contribution in [1.29, 1.82) is 0 Å². The Morgan fingerprint density at radius 1 is 0.750 bits per heavy atom. The van der Waals surface area contributed by atoms with Crippen LogP contribution in [0.4, 0.5) is 5.69 Å². The molecule has 0 aliphatic heterocycles. The largest absolute Gasteiger partial charge is 0.321 e. The Hall–Kier alpha value is -3.86. The number of benzene rings is 2. The summed E-state index contributed by atoms with van der Waals surface area (Å²) >= 11 is 0. The zero-order valence-corrected chi connectivity index (χ0v) is 15.2. The monoisotopic (exact) mass is 367 g/mol. The maximum Gasteiger partial charge on any atom is 0.257 e. The summed E-state index contributed by atoms with van der Waals surface area (Å²) < 4.78 is 0. The normalized spacial score (nSPS) is 10.6. The van der Waals surface area contributed by atoms with Crippen LogP contribution in [0, 0.1) is 0 Å². The second kappa shape index (κ2) is 7.40. The van der Waals surface area contributed by atoms with Gasteiger partial charge in [-0.25, -0.2) is 0 Å². The number of rotatable bonds is 4. The van der Waals surface area contributed by atoms with Gasteiger partial charge >= 0.3 is 0 Å². The van der Waals surface area contributed by atoms with E-state index < -0.39 is 0 Å². The van der Waals surface area contributed by atoms with Gasteiger partial charge in [-0.2, -0.15) is 0 Å². The van der Waals surface area contributed by atoms with Gasteiger partial charge in [0, 0.05) is 29.0 Å². The van der Waals surface area contributed by atoms with E-state index in [0.29, 0.717) is 22.5 Å². The summed E-state index contributed by atoms with van der Waals surface area (Å²) in [5, 5.41) is 5.00. The standard InChI is InChI=1S/C23H17N3O2/c1-15(27)17-9-11-21(24-13-17)22-12-10-18(14-25-22)23(28)26-20-8-4-6-16-5-2-3-7-19(16)20/h2-14H,1H3,(H,26,28). The van der Waals surface area contributed by atoms with Crippen molar-refractivity contribution in [1.82, 2.24) is 9.97 Å². The molecule has 0 aliphatic carbocycles. The van der Waals surface area contributed by atoms with E-state index in [2.05, 4.69) is 15.3 Å². The molecule has 2 heterocycles. The van der Waals surface area contributed by atoms with E-state index in [1.807, 2.05) is 42.5 Å². The molecule has 0 unspecified atom stereocenters. The second-order valence-electron chi connectivity index (χ2n) is 6.40. The van der Waals surface area contributed by atoms with Crippen LogP contribution in [-0.4, -0.2) is 21.7 Å². The Balaban J connectivity index is 1.55. The topological polar surface area (TPSA) is 72.0 Å². The van der Waals surface area contributed by atoms with Crippen LogP contribution in [0.15, 0.2) is 79.1 Å². The fraction of sp³-hybridized carbons (Fsp3) is 0.0435. The van der Waals surface area contributed by atoms with Crippen molar-refractivity contribution >= 4 is 28.2 Å². The lowest BCUT2D eigenvalue weighted by atomic mass is 10.1. The third-order valence-corrected chi connectivity index (χ3v) is 4.50. The molecule has 0 saturated carbocycles. The van der Waals surface area contributed by atoms with E-state index in [1.54, 1.807) is 24.3 Å². The molecule has 0 saturated heterocycles. The highest BCUT2D eigenvalue weighted by atomic mass is 16.1. The van der Waals surface area contributed by atoms with E-state index in [9.17, 15) is 9.59 Å². The van der Waals surface area contributed by atoms with Gasteiger partial charge < -0.3 is 5.32 Å². The molecule has 4 aromatic rings. The first-order valence-electron chi connectivity index (χ1n) is 8.84. The SMILES string of the molecule is CC(=O)c1ccc(-c2ccc(C(=O)Nc3cccc4ccccc34)cn2)nc1. The molecule has 2 aromatic carbocycles. The number of amides is 1. The highest BCUT2D eigenvalue weighted by Gasteiger charge is 2.10. The Kier molecular flexibility index (Phi) is 4.64. The molecule has 0 radical (unpaired) electrons. The average molecular weight is 367 g/mol. The van der Waals surface area contributed by atoms with Crippen molar-refractivity contribution in [3.63, 3.8) is 0 Å². The van der Waals surface area contributed by atoms with E-state index >= 15 is 0 Å². The molecule has 0 fully saturated rings. The molecule has 0 atom stereocenters. The molecule has 5 nitrogen and oxygen atoms in total. The van der Waals surface area contributed by atoms with E-state index in [-0.39, 0.29) is 11.7 Å². The number of hydrogen-bond acceptors (Lipinski definition) is 4. The van der Waals surface area contributed by atoms with E-state index in [1.165, 1.54) is 19.3 Å². The predicted octanol–water partition coefficient (Wildman–Crippen LogP) is 4.75. The van der Waals surface area contributed by atoms with Crippen molar-refractivity contribution in [2.45, 2.75) is 6.92 Å². The van der Waals surface area contributed by atoms with Gasteiger partial charge in [0.05, 0.1) is 17.0 Å². The number of nitrogens with zero attached hydrogens (tertiary/aromatic N) is 2. The van der Waals surface area contributed by atoms with Gasteiger partial charge in [-0.3, -0.25) is 19.6 Å². The number of nitrogens with one attached hydrogen (secondary N) is 1. The Morgan fingerprint density at radius 2 is 1.39 bits per heavy atom. The van der Waals surface area contributed by atoms with Gasteiger partial charge in [0.25, 0.3) is 5.91 Å². The maximum absolute atomic E-state index is 12.6. The van der Waals surface area contributed by atoms with Crippen molar-refractivity contribution < 1.29 is 9.59 Å². The summed E-state index contributed by atoms with van der Waals surface area (Å²) in [6.07, 6.45) is 3.05. The van der Waals surface area contributed by atoms with Crippen LogP contribution < -0.4 is 5.32 Å². The lowest BCUT2D eigenvalue weighted by Gasteiger charge is -2.09. The molecule has 4 rings (SSSR count). The molecule has 1 N–H and O–H groups in total. The first-order chi connectivity index (χ1) is 13.6. The molecule has 0 bridgehead atoms. The summed E-state index contributed by atoms with van der Waals surface area (Å²) in [6.45, 7) is 1.50. The number of ketones is 1. The molecule has 1 amide bonds. The van der Waals surface area contributed by atoms with Crippen molar-refractivity contribution in [3.8, 4) is 11.4 Å². The Morgan fingerprint density at radius 3 is 2.04 bits per heavy atom. The van der Waals surface area contributed by atoms with Gasteiger partial charge in [0.1, 0.15) is 0 Å². The molecular formula is C23H17N3O2. The molecule has 136 valence electrons. The third-order valence-electron chi connectivity index (χ3n) is 4.50. The highest BCUT2D eigenvalue weighted by molar-refractivity contribution is 6.09. The fourth-order valence-corrected chi connectivity index (χ4v) is 2.96. The average Bonchev–Trinajstić information content (AvgIpc) is 2.74. The maximum atomic E-state index is 12.6. The lowest BCUT2D eigenvalue weighted by molar-refractivity contribution is 0.101. The minimum Gasteiger partial charge on any atom is -0.321 e. The van der Waals surface area contributed by atoms with Gasteiger partial charge in [0.15, 0.2) is 5.78 Å². The number of hydrogen-bond donors (Lipinski definition) is 1. The second-order valence-corrected chi connectivity index (χ2v) is 6.40. The number of anilines is 1. The number of pyridine rings is 2. The summed E-state index contributed by atoms with van der Waals surface area (Å²) in [7, 11) is 0. The highest BCUT2D eigenvalue weighted by Crippen LogP contribution is 2.23.